The second-order valence-electron chi connectivity index (χ2n) is 5.42. The minimum absolute atomic E-state index is 0.0415. The molecule has 0 saturated heterocycles. The molecule has 1 aliphatic heterocycles. The average Bonchev–Trinajstić information content (AvgIpc) is 2.65. The number of carbonyl (C=O) groups is 1. The standard InChI is InChI=1S/C16H21BrClNO3/c1-4-5-11(21-3)9-19-6-7-22-15-12(16(19)20)8-13(17)10(2)14(15)18/h8,11H,4-7,9H2,1-3H3. The summed E-state index contributed by atoms with van der Waals surface area (Å²) in [7, 11) is 1.68. The number of hydrogen-bond acceptors (Lipinski definition) is 3. The summed E-state index contributed by atoms with van der Waals surface area (Å²) in [4.78, 5) is 14.6. The van der Waals surface area contributed by atoms with Crippen LogP contribution in [0.5, 0.6) is 5.75 Å². The zero-order valence-corrected chi connectivity index (χ0v) is 15.5. The second kappa shape index (κ2) is 7.66. The second-order valence-corrected chi connectivity index (χ2v) is 6.65. The molecule has 0 aromatic heterocycles. The highest BCUT2D eigenvalue weighted by Gasteiger charge is 2.28. The van der Waals surface area contributed by atoms with E-state index in [1.807, 2.05) is 6.92 Å². The summed E-state index contributed by atoms with van der Waals surface area (Å²) in [6.07, 6.45) is 1.98. The summed E-state index contributed by atoms with van der Waals surface area (Å²) >= 11 is 9.79. The lowest BCUT2D eigenvalue weighted by Crippen LogP contribution is -2.39. The number of hydrogen-bond donors (Lipinski definition) is 0. The monoisotopic (exact) mass is 389 g/mol. The highest BCUT2D eigenvalue weighted by Crippen LogP contribution is 2.38. The molecule has 122 valence electrons. The lowest BCUT2D eigenvalue weighted by molar-refractivity contribution is 0.0439. The molecule has 6 heteroatoms. The van der Waals surface area contributed by atoms with E-state index in [0.29, 0.717) is 36.0 Å². The van der Waals surface area contributed by atoms with E-state index in [2.05, 4.69) is 22.9 Å². The van der Waals surface area contributed by atoms with E-state index >= 15 is 0 Å². The Morgan fingerprint density at radius 3 is 2.91 bits per heavy atom. The van der Waals surface area contributed by atoms with Crippen molar-refractivity contribution in [2.24, 2.45) is 0 Å². The van der Waals surface area contributed by atoms with Gasteiger partial charge in [-0.3, -0.25) is 4.79 Å². The molecule has 2 rings (SSSR count). The van der Waals surface area contributed by atoms with E-state index in [1.54, 1.807) is 18.1 Å². The first-order valence-corrected chi connectivity index (χ1v) is 8.60. The Morgan fingerprint density at radius 1 is 1.55 bits per heavy atom. The first kappa shape index (κ1) is 17.6. The molecule has 1 heterocycles. The van der Waals surface area contributed by atoms with Crippen molar-refractivity contribution in [1.82, 2.24) is 4.90 Å². The molecular weight excluding hydrogens is 370 g/mol. The smallest absolute Gasteiger partial charge is 0.257 e. The van der Waals surface area contributed by atoms with Crippen molar-refractivity contribution in [2.75, 3.05) is 26.8 Å². The molecule has 0 saturated carbocycles. The van der Waals surface area contributed by atoms with Crippen LogP contribution in [0.25, 0.3) is 0 Å². The maximum Gasteiger partial charge on any atom is 0.257 e. The summed E-state index contributed by atoms with van der Waals surface area (Å²) in [5, 5.41) is 0.497. The minimum atomic E-state index is -0.0618. The van der Waals surface area contributed by atoms with E-state index in [9.17, 15) is 4.79 Å². The van der Waals surface area contributed by atoms with Crippen LogP contribution in [0.15, 0.2) is 10.5 Å². The van der Waals surface area contributed by atoms with Crippen molar-refractivity contribution in [1.29, 1.82) is 0 Å². The Labute approximate surface area is 144 Å². The SMILES string of the molecule is CCCC(CN1CCOc2c(cc(Br)c(C)c2Cl)C1=O)OC. The number of carbonyl (C=O) groups excluding carboxylic acids is 1. The molecule has 0 radical (unpaired) electrons. The van der Waals surface area contributed by atoms with Crippen molar-refractivity contribution in [3.8, 4) is 5.75 Å². The Kier molecular flexibility index (Phi) is 6.12. The maximum atomic E-state index is 12.8. The van der Waals surface area contributed by atoms with Crippen LogP contribution in [-0.2, 0) is 4.74 Å². The number of methoxy groups -OCH3 is 1. The zero-order chi connectivity index (χ0) is 16.3. The first-order chi connectivity index (χ1) is 10.5. The van der Waals surface area contributed by atoms with Gasteiger partial charge in [0.1, 0.15) is 6.61 Å². The molecule has 1 amide bonds. The van der Waals surface area contributed by atoms with E-state index in [1.165, 1.54) is 0 Å². The van der Waals surface area contributed by atoms with Gasteiger partial charge >= 0.3 is 0 Å². The fourth-order valence-electron chi connectivity index (χ4n) is 2.55. The minimum Gasteiger partial charge on any atom is -0.489 e. The molecule has 22 heavy (non-hydrogen) atoms. The van der Waals surface area contributed by atoms with Gasteiger partial charge in [-0.2, -0.15) is 0 Å². The van der Waals surface area contributed by atoms with Crippen LogP contribution in [0, 0.1) is 6.92 Å². The van der Waals surface area contributed by atoms with Crippen LogP contribution in [-0.4, -0.2) is 43.7 Å². The van der Waals surface area contributed by atoms with Gasteiger partial charge in [-0.05, 0) is 25.0 Å². The summed E-state index contributed by atoms with van der Waals surface area (Å²) in [6, 6.07) is 1.79. The van der Waals surface area contributed by atoms with Crippen LogP contribution in [0.1, 0.15) is 35.7 Å². The molecule has 1 aromatic carbocycles. The lowest BCUT2D eigenvalue weighted by atomic mass is 10.1. The maximum absolute atomic E-state index is 12.8. The van der Waals surface area contributed by atoms with E-state index in [-0.39, 0.29) is 12.0 Å². The number of amides is 1. The molecule has 1 aromatic rings. The Morgan fingerprint density at radius 2 is 2.27 bits per heavy atom. The van der Waals surface area contributed by atoms with Crippen molar-refractivity contribution in [3.05, 3.63) is 26.7 Å². The predicted molar refractivity (Wildman–Crippen MR) is 91.0 cm³/mol. The summed E-state index contributed by atoms with van der Waals surface area (Å²) < 4.78 is 12.0. The third kappa shape index (κ3) is 3.58. The van der Waals surface area contributed by atoms with Crippen LogP contribution in [0.4, 0.5) is 0 Å². The molecule has 1 atom stereocenters. The van der Waals surface area contributed by atoms with Gasteiger partial charge in [-0.15, -0.1) is 0 Å². The summed E-state index contributed by atoms with van der Waals surface area (Å²) in [5.41, 5.74) is 1.38. The fourth-order valence-corrected chi connectivity index (χ4v) is 3.35. The van der Waals surface area contributed by atoms with Gasteiger partial charge in [-0.1, -0.05) is 40.9 Å². The van der Waals surface area contributed by atoms with Crippen LogP contribution >= 0.6 is 27.5 Å². The molecule has 1 unspecified atom stereocenters. The average molecular weight is 391 g/mol. The van der Waals surface area contributed by atoms with Gasteiger partial charge in [0, 0.05) is 18.1 Å². The molecule has 4 nitrogen and oxygen atoms in total. The predicted octanol–water partition coefficient (Wildman–Crippen LogP) is 4.06. The van der Waals surface area contributed by atoms with Crippen LogP contribution < -0.4 is 4.74 Å². The highest BCUT2D eigenvalue weighted by molar-refractivity contribution is 9.10. The van der Waals surface area contributed by atoms with E-state index in [4.69, 9.17) is 21.1 Å². The Hall–Kier alpha value is -0.780. The van der Waals surface area contributed by atoms with Crippen molar-refractivity contribution >= 4 is 33.4 Å². The quantitative estimate of drug-likeness (QED) is 0.761. The van der Waals surface area contributed by atoms with Crippen molar-refractivity contribution in [2.45, 2.75) is 32.8 Å². The zero-order valence-electron chi connectivity index (χ0n) is 13.1. The number of benzene rings is 1. The molecule has 0 spiro atoms. The van der Waals surface area contributed by atoms with Gasteiger partial charge < -0.3 is 14.4 Å². The highest BCUT2D eigenvalue weighted by atomic mass is 79.9. The van der Waals surface area contributed by atoms with Gasteiger partial charge in [-0.25, -0.2) is 0 Å². The van der Waals surface area contributed by atoms with Crippen LogP contribution in [0.2, 0.25) is 5.02 Å². The normalized spacial score (nSPS) is 16.0. The molecule has 0 fully saturated rings. The van der Waals surface area contributed by atoms with Gasteiger partial charge in [0.2, 0.25) is 0 Å². The fraction of sp³-hybridized carbons (Fsp3) is 0.562. The molecule has 0 aliphatic carbocycles. The third-order valence-corrected chi connectivity index (χ3v) is 5.17. The molecular formula is C16H21BrClNO3. The molecule has 1 aliphatic rings. The van der Waals surface area contributed by atoms with Crippen molar-refractivity contribution < 1.29 is 14.3 Å². The number of halogens is 2. The number of fused-ring (bicyclic) bond motifs is 1. The molecule has 0 bridgehead atoms. The van der Waals surface area contributed by atoms with Gasteiger partial charge in [0.25, 0.3) is 5.91 Å². The number of nitrogens with zero attached hydrogens (tertiary/aromatic N) is 1. The van der Waals surface area contributed by atoms with Gasteiger partial charge in [0.05, 0.1) is 23.2 Å². The van der Waals surface area contributed by atoms with Crippen LogP contribution in [0.3, 0.4) is 0 Å². The largest absolute Gasteiger partial charge is 0.489 e. The van der Waals surface area contributed by atoms with Gasteiger partial charge in [0.15, 0.2) is 5.75 Å². The molecule has 0 N–H and O–H groups in total. The Balaban J connectivity index is 2.30. The topological polar surface area (TPSA) is 38.8 Å². The first-order valence-electron chi connectivity index (χ1n) is 7.43. The number of rotatable bonds is 5. The van der Waals surface area contributed by atoms with E-state index < -0.39 is 0 Å². The Bertz CT molecular complexity index is 565. The number of ether oxygens (including phenoxy) is 2. The van der Waals surface area contributed by atoms with E-state index in [0.717, 1.165) is 22.9 Å². The lowest BCUT2D eigenvalue weighted by Gasteiger charge is -2.25. The van der Waals surface area contributed by atoms with Crippen molar-refractivity contribution in [3.63, 3.8) is 0 Å². The summed E-state index contributed by atoms with van der Waals surface area (Å²) in [6.45, 7) is 5.53. The third-order valence-electron chi connectivity index (χ3n) is 3.90. The summed E-state index contributed by atoms with van der Waals surface area (Å²) in [5.74, 6) is 0.424.